The topological polar surface area (TPSA) is 63.5 Å². The number of alkyl halides is 3. The summed E-state index contributed by atoms with van der Waals surface area (Å²) in [5, 5.41) is 2.81. The van der Waals surface area contributed by atoms with E-state index >= 15 is 0 Å². The molecule has 182 valence electrons. The van der Waals surface area contributed by atoms with E-state index in [1.165, 1.54) is 10.5 Å². The fraction of sp³-hybridized carbons (Fsp3) is 0.375. The van der Waals surface area contributed by atoms with Crippen LogP contribution in [-0.4, -0.2) is 23.4 Å². The summed E-state index contributed by atoms with van der Waals surface area (Å²) in [6, 6.07) is 8.10. The molecule has 3 aromatic rings. The zero-order chi connectivity index (χ0) is 25.6. The third-order valence-corrected chi connectivity index (χ3v) is 13.6. The van der Waals surface area contributed by atoms with E-state index < -0.39 is 25.4 Å². The molecule has 2 heterocycles. The van der Waals surface area contributed by atoms with Crippen LogP contribution in [0.2, 0.25) is 28.7 Å². The van der Waals surface area contributed by atoms with Crippen LogP contribution >= 0.6 is 11.6 Å². The van der Waals surface area contributed by atoms with Gasteiger partial charge in [0.2, 0.25) is 11.9 Å². The van der Waals surface area contributed by atoms with Crippen LogP contribution in [0.1, 0.15) is 33.3 Å². The lowest BCUT2D eigenvalue weighted by Gasteiger charge is -2.40. The molecular formula is C24H27ClF3N3O2Si. The quantitative estimate of drug-likeness (QED) is 0.390. The first-order chi connectivity index (χ1) is 15.6. The second-order valence-electron chi connectivity index (χ2n) is 9.95. The van der Waals surface area contributed by atoms with E-state index in [0.717, 1.165) is 18.3 Å². The Bertz CT molecular complexity index is 1310. The Morgan fingerprint density at radius 2 is 1.76 bits per heavy atom. The van der Waals surface area contributed by atoms with Gasteiger partial charge in [0.1, 0.15) is 0 Å². The van der Waals surface area contributed by atoms with E-state index in [0.29, 0.717) is 0 Å². The second-order valence-corrected chi connectivity index (χ2v) is 16.2. The highest BCUT2D eigenvalue weighted by Gasteiger charge is 2.43. The first-order valence-corrected chi connectivity index (χ1v) is 14.2. The molecule has 5 nitrogen and oxygen atoms in total. The number of carbonyl (C=O) groups is 1. The summed E-state index contributed by atoms with van der Waals surface area (Å²) in [7, 11) is -2.10. The largest absolute Gasteiger partial charge is 0.416 e. The van der Waals surface area contributed by atoms with Gasteiger partial charge in [-0.15, -0.1) is 0 Å². The average molecular weight is 510 g/mol. The highest BCUT2D eigenvalue weighted by molar-refractivity contribution is 6.84. The predicted molar refractivity (Wildman–Crippen MR) is 132 cm³/mol. The molecule has 0 fully saturated rings. The summed E-state index contributed by atoms with van der Waals surface area (Å²) in [4.78, 5) is 30.3. The number of fused-ring (bicyclic) bond motifs is 1. The van der Waals surface area contributed by atoms with Gasteiger partial charge in [-0.2, -0.15) is 18.2 Å². The molecule has 0 aliphatic heterocycles. The Balaban J connectivity index is 2.22. The molecule has 0 saturated carbocycles. The van der Waals surface area contributed by atoms with Gasteiger partial charge in [-0.1, -0.05) is 70.6 Å². The Kier molecular flexibility index (Phi) is 6.76. The molecule has 0 spiro atoms. The van der Waals surface area contributed by atoms with Crippen molar-refractivity contribution in [1.29, 1.82) is 0 Å². The van der Waals surface area contributed by atoms with Crippen LogP contribution in [0.3, 0.4) is 0 Å². The van der Waals surface area contributed by atoms with E-state index in [-0.39, 0.29) is 44.1 Å². The minimum atomic E-state index is -4.63. The van der Waals surface area contributed by atoms with Crippen LogP contribution in [-0.2, 0) is 11.0 Å². The number of nitrogens with one attached hydrogen (secondary N) is 1. The molecule has 0 radical (unpaired) electrons. The van der Waals surface area contributed by atoms with Crippen molar-refractivity contribution >= 4 is 37.0 Å². The van der Waals surface area contributed by atoms with Crippen LogP contribution in [0.15, 0.2) is 47.4 Å². The molecule has 3 rings (SSSR count). The lowest BCUT2D eigenvalue weighted by molar-refractivity contribution is -0.137. The summed E-state index contributed by atoms with van der Waals surface area (Å²) < 4.78 is 41.8. The molecule has 0 aliphatic carbocycles. The predicted octanol–water partition coefficient (Wildman–Crippen LogP) is 6.87. The number of hydrogen-bond acceptors (Lipinski definition) is 3. The minimum Gasteiger partial charge on any atom is -0.296 e. The molecule has 0 unspecified atom stereocenters. The zero-order valence-corrected chi connectivity index (χ0v) is 21.6. The van der Waals surface area contributed by atoms with Gasteiger partial charge in [-0.25, -0.2) is 0 Å². The molecule has 1 aromatic carbocycles. The van der Waals surface area contributed by atoms with Crippen molar-refractivity contribution in [2.75, 3.05) is 5.32 Å². The molecule has 1 atom stereocenters. The van der Waals surface area contributed by atoms with Gasteiger partial charge in [-0.05, 0) is 23.2 Å². The molecular weight excluding hydrogens is 483 g/mol. The van der Waals surface area contributed by atoms with Gasteiger partial charge < -0.3 is 0 Å². The van der Waals surface area contributed by atoms with Gasteiger partial charge in [0.25, 0.3) is 5.56 Å². The maximum absolute atomic E-state index is 13.5. The van der Waals surface area contributed by atoms with E-state index in [1.807, 2.05) is 6.92 Å². The highest BCUT2D eigenvalue weighted by atomic mass is 35.5. The molecule has 0 aliphatic rings. The number of amides is 1. The number of hydrogen-bond donors (Lipinski definition) is 1. The van der Waals surface area contributed by atoms with E-state index in [9.17, 15) is 22.8 Å². The molecule has 1 amide bonds. The lowest BCUT2D eigenvalue weighted by atomic mass is 10.0. The van der Waals surface area contributed by atoms with Gasteiger partial charge in [0.15, 0.2) is 0 Å². The van der Waals surface area contributed by atoms with Crippen molar-refractivity contribution in [3.63, 3.8) is 0 Å². The van der Waals surface area contributed by atoms with E-state index in [2.05, 4.69) is 44.2 Å². The van der Waals surface area contributed by atoms with E-state index in [4.69, 9.17) is 11.6 Å². The third kappa shape index (κ3) is 4.77. The SMILES string of the molecule is C[C@H](C(=O)Nc1nc(=O)c(-c2ccccc2Cl)c2cc(C(F)(F)F)ccn12)[Si](C)(C)C(C)(C)C. The van der Waals surface area contributed by atoms with E-state index in [1.54, 1.807) is 18.2 Å². The monoisotopic (exact) mass is 509 g/mol. The molecule has 2 aromatic heterocycles. The highest BCUT2D eigenvalue weighted by Crippen LogP contribution is 2.43. The third-order valence-electron chi connectivity index (χ3n) is 6.97. The van der Waals surface area contributed by atoms with Gasteiger partial charge in [-0.3, -0.25) is 19.3 Å². The summed E-state index contributed by atoms with van der Waals surface area (Å²) in [6.45, 7) is 12.3. The molecule has 0 bridgehead atoms. The van der Waals surface area contributed by atoms with Crippen molar-refractivity contribution in [2.45, 2.75) is 57.5 Å². The zero-order valence-electron chi connectivity index (χ0n) is 19.8. The summed E-state index contributed by atoms with van der Waals surface area (Å²) in [5.74, 6) is -0.474. The van der Waals surface area contributed by atoms with Gasteiger partial charge in [0.05, 0.1) is 24.7 Å². The molecule has 34 heavy (non-hydrogen) atoms. The number of rotatable bonds is 4. The first-order valence-electron chi connectivity index (χ1n) is 10.7. The average Bonchev–Trinajstić information content (AvgIpc) is 2.72. The summed E-state index contributed by atoms with van der Waals surface area (Å²) in [6.07, 6.45) is -3.48. The Hall–Kier alpha value is -2.65. The summed E-state index contributed by atoms with van der Waals surface area (Å²) >= 11 is 6.26. The fourth-order valence-electron chi connectivity index (χ4n) is 3.57. The Morgan fingerprint density at radius 3 is 2.32 bits per heavy atom. The number of benzene rings is 1. The smallest absolute Gasteiger partial charge is 0.296 e. The van der Waals surface area contributed by atoms with Crippen molar-refractivity contribution < 1.29 is 18.0 Å². The van der Waals surface area contributed by atoms with Crippen LogP contribution in [0.25, 0.3) is 16.6 Å². The molecule has 10 heteroatoms. The fourth-order valence-corrected chi connectivity index (χ4v) is 5.83. The lowest BCUT2D eigenvalue weighted by Crippen LogP contribution is -2.46. The molecule has 1 N–H and O–H groups in total. The number of nitrogens with zero attached hydrogens (tertiary/aromatic N) is 2. The van der Waals surface area contributed by atoms with Crippen LogP contribution in [0.5, 0.6) is 0 Å². The number of aromatic nitrogens is 2. The standard InChI is InChI=1S/C24H27ClF3N3O2Si/c1-14(34(5,6)23(2,3)4)20(32)29-22-30-21(33)19(16-9-7-8-10-17(16)25)18-13-15(24(26,27)28)11-12-31(18)22/h7-14H,1-6H3,(H,29,30,32,33)/t14-/m1/s1. The molecule has 0 saturated heterocycles. The first kappa shape index (κ1) is 26.0. The number of carbonyl (C=O) groups excluding carboxylic acids is 1. The summed E-state index contributed by atoms with van der Waals surface area (Å²) in [5.41, 5.74) is -1.95. The second kappa shape index (κ2) is 8.85. The number of pyridine rings is 1. The Morgan fingerprint density at radius 1 is 1.15 bits per heavy atom. The normalized spacial score (nSPS) is 13.7. The van der Waals surface area contributed by atoms with Crippen molar-refractivity contribution in [3.8, 4) is 11.1 Å². The van der Waals surface area contributed by atoms with Gasteiger partial charge >= 0.3 is 6.18 Å². The maximum atomic E-state index is 13.5. The minimum absolute atomic E-state index is 0.0572. The van der Waals surface area contributed by atoms with Crippen LogP contribution < -0.4 is 10.9 Å². The van der Waals surface area contributed by atoms with Crippen molar-refractivity contribution in [1.82, 2.24) is 9.38 Å². The van der Waals surface area contributed by atoms with Crippen molar-refractivity contribution in [3.05, 3.63) is 63.5 Å². The van der Waals surface area contributed by atoms with Gasteiger partial charge in [0, 0.05) is 22.3 Å². The maximum Gasteiger partial charge on any atom is 0.416 e. The van der Waals surface area contributed by atoms with Crippen LogP contribution in [0, 0.1) is 0 Å². The number of anilines is 1. The van der Waals surface area contributed by atoms with Crippen LogP contribution in [0.4, 0.5) is 19.1 Å². The Labute approximate surface area is 202 Å². The van der Waals surface area contributed by atoms with Crippen molar-refractivity contribution in [2.24, 2.45) is 0 Å². The number of halogens is 4.